The highest BCUT2D eigenvalue weighted by molar-refractivity contribution is 6.16. The molecule has 2 nitrogen and oxygen atoms in total. The third kappa shape index (κ3) is 3.39. The Kier molecular flexibility index (Phi) is 3.37. The molecule has 1 rings (SSSR count). The van der Waals surface area contributed by atoms with Crippen molar-refractivity contribution in [1.29, 1.82) is 0 Å². The van der Waals surface area contributed by atoms with Gasteiger partial charge in [0.2, 0.25) is 0 Å². The summed E-state index contributed by atoms with van der Waals surface area (Å²) in [7, 11) is 0. The van der Waals surface area contributed by atoms with Crippen LogP contribution in [-0.4, -0.2) is 9.55 Å². The smallest absolute Gasteiger partial charge is 0.0948 e. The lowest BCUT2D eigenvalue weighted by molar-refractivity contribution is 0.348. The summed E-state index contributed by atoms with van der Waals surface area (Å²) in [6.45, 7) is 7.73. The van der Waals surface area contributed by atoms with Gasteiger partial charge in [0.25, 0.3) is 0 Å². The minimum atomic E-state index is 0.369. The van der Waals surface area contributed by atoms with E-state index in [0.717, 1.165) is 18.7 Å². The molecule has 3 heteroatoms. The van der Waals surface area contributed by atoms with Crippen molar-refractivity contribution in [2.75, 3.05) is 0 Å². The van der Waals surface area contributed by atoms with Crippen molar-refractivity contribution in [2.24, 2.45) is 5.41 Å². The zero-order chi connectivity index (χ0) is 9.90. The van der Waals surface area contributed by atoms with Gasteiger partial charge in [-0.3, -0.25) is 0 Å². The van der Waals surface area contributed by atoms with Crippen LogP contribution in [0.3, 0.4) is 0 Å². The molecule has 0 aliphatic carbocycles. The molecule has 74 valence electrons. The number of rotatable bonds is 3. The second-order valence-electron chi connectivity index (χ2n) is 4.52. The number of nitrogens with zero attached hydrogens (tertiary/aromatic N) is 2. The molecule has 0 atom stereocenters. The van der Waals surface area contributed by atoms with Gasteiger partial charge < -0.3 is 4.57 Å². The van der Waals surface area contributed by atoms with Crippen molar-refractivity contribution in [3.8, 4) is 0 Å². The highest BCUT2D eigenvalue weighted by Crippen LogP contribution is 2.19. The highest BCUT2D eigenvalue weighted by atomic mass is 35.5. The van der Waals surface area contributed by atoms with Crippen LogP contribution < -0.4 is 0 Å². The summed E-state index contributed by atoms with van der Waals surface area (Å²) in [5.41, 5.74) is 1.47. The summed E-state index contributed by atoms with van der Waals surface area (Å²) in [5, 5.41) is 0. The van der Waals surface area contributed by atoms with E-state index < -0.39 is 0 Å². The van der Waals surface area contributed by atoms with Gasteiger partial charge in [0.05, 0.1) is 17.9 Å². The number of hydrogen-bond donors (Lipinski definition) is 0. The molecule has 0 aromatic carbocycles. The number of aromatic nitrogens is 2. The summed E-state index contributed by atoms with van der Waals surface area (Å²) >= 11 is 5.76. The van der Waals surface area contributed by atoms with Gasteiger partial charge in [0, 0.05) is 12.7 Å². The fraction of sp³-hybridized carbons (Fsp3) is 0.700. The molecule has 0 N–H and O–H groups in total. The van der Waals surface area contributed by atoms with E-state index in [1.807, 2.05) is 12.5 Å². The van der Waals surface area contributed by atoms with Gasteiger partial charge >= 0.3 is 0 Å². The number of alkyl halides is 1. The maximum Gasteiger partial charge on any atom is 0.0948 e. The average molecular weight is 201 g/mol. The average Bonchev–Trinajstić information content (AvgIpc) is 2.46. The number of hydrogen-bond acceptors (Lipinski definition) is 1. The maximum atomic E-state index is 5.76. The molecule has 0 unspecified atom stereocenters. The molecule has 0 fully saturated rings. The molecule has 0 amide bonds. The van der Waals surface area contributed by atoms with Crippen LogP contribution in [-0.2, 0) is 12.4 Å². The highest BCUT2D eigenvalue weighted by Gasteiger charge is 2.10. The van der Waals surface area contributed by atoms with E-state index in [2.05, 4.69) is 30.3 Å². The van der Waals surface area contributed by atoms with Crippen molar-refractivity contribution in [3.05, 3.63) is 18.2 Å². The molecule has 0 spiro atoms. The van der Waals surface area contributed by atoms with E-state index in [1.165, 1.54) is 0 Å². The maximum absolute atomic E-state index is 5.76. The Morgan fingerprint density at radius 1 is 1.46 bits per heavy atom. The van der Waals surface area contributed by atoms with Crippen LogP contribution in [0.2, 0.25) is 0 Å². The van der Waals surface area contributed by atoms with Gasteiger partial charge in [-0.1, -0.05) is 20.8 Å². The summed E-state index contributed by atoms with van der Waals surface area (Å²) in [6, 6.07) is 0. The molecule has 0 aliphatic heterocycles. The predicted octanol–water partition coefficient (Wildman–Crippen LogP) is 3.06. The summed E-state index contributed by atoms with van der Waals surface area (Å²) in [5.74, 6) is 0.546. The SMILES string of the molecule is CC(C)(C)CCn1cncc1CCl. The third-order valence-corrected chi connectivity index (χ3v) is 2.31. The van der Waals surface area contributed by atoms with Crippen molar-refractivity contribution >= 4 is 11.6 Å². The van der Waals surface area contributed by atoms with E-state index >= 15 is 0 Å². The molecule has 0 bridgehead atoms. The zero-order valence-corrected chi connectivity index (χ0v) is 9.30. The molecule has 1 heterocycles. The Bertz CT molecular complexity index is 260. The van der Waals surface area contributed by atoms with Crippen molar-refractivity contribution in [2.45, 2.75) is 39.6 Å². The van der Waals surface area contributed by atoms with Crippen LogP contribution in [0.15, 0.2) is 12.5 Å². The van der Waals surface area contributed by atoms with E-state index in [1.54, 1.807) is 0 Å². The third-order valence-electron chi connectivity index (χ3n) is 2.04. The molecule has 0 saturated heterocycles. The van der Waals surface area contributed by atoms with Crippen molar-refractivity contribution < 1.29 is 0 Å². The standard InChI is InChI=1S/C10H17ClN2/c1-10(2,3)4-5-13-8-12-7-9(13)6-11/h7-8H,4-6H2,1-3H3. The van der Waals surface area contributed by atoms with E-state index in [4.69, 9.17) is 11.6 Å². The summed E-state index contributed by atoms with van der Waals surface area (Å²) in [6.07, 6.45) is 4.83. The molecular weight excluding hydrogens is 184 g/mol. The first-order valence-electron chi connectivity index (χ1n) is 4.58. The molecule has 0 saturated carbocycles. The fourth-order valence-corrected chi connectivity index (χ4v) is 1.34. The van der Waals surface area contributed by atoms with Crippen LogP contribution in [0.4, 0.5) is 0 Å². The first-order chi connectivity index (χ1) is 6.03. The van der Waals surface area contributed by atoms with Gasteiger partial charge in [-0.2, -0.15) is 0 Å². The first-order valence-corrected chi connectivity index (χ1v) is 5.11. The minimum absolute atomic E-state index is 0.369. The van der Waals surface area contributed by atoms with Crippen LogP contribution >= 0.6 is 11.6 Å². The Balaban J connectivity index is 2.54. The normalized spacial score (nSPS) is 12.0. The molecule has 0 radical (unpaired) electrons. The largest absolute Gasteiger partial charge is 0.333 e. The minimum Gasteiger partial charge on any atom is -0.333 e. The summed E-state index contributed by atoms with van der Waals surface area (Å²) < 4.78 is 2.12. The molecule has 1 aromatic heterocycles. The molecule has 1 aromatic rings. The van der Waals surface area contributed by atoms with Gasteiger partial charge in [-0.15, -0.1) is 11.6 Å². The second kappa shape index (κ2) is 4.14. The lowest BCUT2D eigenvalue weighted by Gasteiger charge is -2.18. The van der Waals surface area contributed by atoms with Gasteiger partial charge in [0.15, 0.2) is 0 Å². The van der Waals surface area contributed by atoms with Crippen LogP contribution in [0.5, 0.6) is 0 Å². The van der Waals surface area contributed by atoms with E-state index in [0.29, 0.717) is 11.3 Å². The van der Waals surface area contributed by atoms with Crippen molar-refractivity contribution in [1.82, 2.24) is 9.55 Å². The number of halogens is 1. The van der Waals surface area contributed by atoms with Gasteiger partial charge in [-0.25, -0.2) is 4.98 Å². The Hall–Kier alpha value is -0.500. The number of aryl methyl sites for hydroxylation is 1. The Labute approximate surface area is 84.9 Å². The predicted molar refractivity (Wildman–Crippen MR) is 55.9 cm³/mol. The van der Waals surface area contributed by atoms with E-state index in [9.17, 15) is 0 Å². The Morgan fingerprint density at radius 2 is 2.15 bits per heavy atom. The van der Waals surface area contributed by atoms with Crippen molar-refractivity contribution in [3.63, 3.8) is 0 Å². The molecular formula is C10H17ClN2. The molecule has 13 heavy (non-hydrogen) atoms. The lowest BCUT2D eigenvalue weighted by Crippen LogP contribution is -2.11. The van der Waals surface area contributed by atoms with Crippen LogP contribution in [0.25, 0.3) is 0 Å². The quantitative estimate of drug-likeness (QED) is 0.686. The second-order valence-corrected chi connectivity index (χ2v) is 4.79. The Morgan fingerprint density at radius 3 is 2.69 bits per heavy atom. The van der Waals surface area contributed by atoms with Crippen LogP contribution in [0, 0.1) is 5.41 Å². The fourth-order valence-electron chi connectivity index (χ4n) is 1.12. The van der Waals surface area contributed by atoms with Crippen LogP contribution in [0.1, 0.15) is 32.9 Å². The number of imidazole rings is 1. The van der Waals surface area contributed by atoms with E-state index in [-0.39, 0.29) is 0 Å². The molecule has 0 aliphatic rings. The monoisotopic (exact) mass is 200 g/mol. The van der Waals surface area contributed by atoms with Gasteiger partial charge in [0.1, 0.15) is 0 Å². The topological polar surface area (TPSA) is 17.8 Å². The summed E-state index contributed by atoms with van der Waals surface area (Å²) in [4.78, 5) is 4.07. The lowest BCUT2D eigenvalue weighted by atomic mass is 9.92. The zero-order valence-electron chi connectivity index (χ0n) is 8.55. The first kappa shape index (κ1) is 10.6. The van der Waals surface area contributed by atoms with Gasteiger partial charge in [-0.05, 0) is 11.8 Å².